The molecule has 0 spiro atoms. The molecule has 0 heterocycles. The van der Waals surface area contributed by atoms with Gasteiger partial charge in [0.15, 0.2) is 0 Å². The molecule has 0 fully saturated rings. The topological polar surface area (TPSA) is 29.1 Å². The summed E-state index contributed by atoms with van der Waals surface area (Å²) in [6, 6.07) is 0. The Kier molecular flexibility index (Phi) is 4.84. The van der Waals surface area contributed by atoms with Gasteiger partial charge in [-0.3, -0.25) is 4.79 Å². The van der Waals surface area contributed by atoms with Crippen molar-refractivity contribution in [3.8, 4) is 0 Å². The Bertz CT molecular complexity index is 260. The van der Waals surface area contributed by atoms with Gasteiger partial charge in [0.2, 0.25) is 5.91 Å². The van der Waals surface area contributed by atoms with Gasteiger partial charge in [-0.1, -0.05) is 41.5 Å². The van der Waals surface area contributed by atoms with Crippen LogP contribution in [0.5, 0.6) is 0 Å². The van der Waals surface area contributed by atoms with Crippen LogP contribution in [0.15, 0.2) is 0 Å². The molecule has 0 radical (unpaired) electrons. The Morgan fingerprint density at radius 2 is 1.35 bits per heavy atom. The van der Waals surface area contributed by atoms with Crippen molar-refractivity contribution in [1.29, 1.82) is 0 Å². The number of hydrogen-bond donors (Lipinski definition) is 1. The maximum absolute atomic E-state index is 12.4. The standard InChI is InChI=1S/C15H31NO/c1-13(2,3)10-11(14(4,5)6)12(17)16-15(7,8)9/h11H,10H2,1-9H3,(H,16,17)/t11-/m0/s1. The predicted octanol–water partition coefficient (Wildman–Crippen LogP) is 4.00. The highest BCUT2D eigenvalue weighted by Crippen LogP contribution is 2.36. The summed E-state index contributed by atoms with van der Waals surface area (Å²) in [5.74, 6) is 0.238. The second kappa shape index (κ2) is 4.99. The van der Waals surface area contributed by atoms with Crippen LogP contribution in [0.1, 0.15) is 68.7 Å². The van der Waals surface area contributed by atoms with E-state index in [-0.39, 0.29) is 28.2 Å². The van der Waals surface area contributed by atoms with E-state index in [0.717, 1.165) is 6.42 Å². The largest absolute Gasteiger partial charge is 0.351 e. The molecule has 1 amide bonds. The van der Waals surface area contributed by atoms with Gasteiger partial charge in [0.05, 0.1) is 0 Å². The lowest BCUT2D eigenvalue weighted by atomic mass is 9.71. The van der Waals surface area contributed by atoms with E-state index in [1.54, 1.807) is 0 Å². The molecule has 0 aromatic heterocycles. The predicted molar refractivity (Wildman–Crippen MR) is 74.9 cm³/mol. The summed E-state index contributed by atoms with van der Waals surface area (Å²) in [4.78, 5) is 12.4. The van der Waals surface area contributed by atoms with E-state index in [0.29, 0.717) is 0 Å². The third kappa shape index (κ3) is 7.40. The lowest BCUT2D eigenvalue weighted by molar-refractivity contribution is -0.131. The van der Waals surface area contributed by atoms with Crippen molar-refractivity contribution in [3.05, 3.63) is 0 Å². The fraction of sp³-hybridized carbons (Fsp3) is 0.933. The SMILES string of the molecule is CC(C)(C)C[C@@H](C(=O)NC(C)(C)C)C(C)(C)C. The number of carbonyl (C=O) groups excluding carboxylic acids is 1. The zero-order chi connectivity index (χ0) is 14.1. The van der Waals surface area contributed by atoms with Gasteiger partial charge in [0.1, 0.15) is 0 Å². The molecular weight excluding hydrogens is 210 g/mol. The summed E-state index contributed by atoms with van der Waals surface area (Å²) in [6.45, 7) is 19.1. The fourth-order valence-corrected chi connectivity index (χ4v) is 1.86. The van der Waals surface area contributed by atoms with Crippen LogP contribution < -0.4 is 5.32 Å². The number of rotatable bonds is 2. The van der Waals surface area contributed by atoms with E-state index >= 15 is 0 Å². The van der Waals surface area contributed by atoms with Crippen LogP contribution in [-0.4, -0.2) is 11.4 Å². The van der Waals surface area contributed by atoms with Crippen LogP contribution in [0, 0.1) is 16.7 Å². The van der Waals surface area contributed by atoms with E-state index in [1.807, 2.05) is 20.8 Å². The minimum Gasteiger partial charge on any atom is -0.351 e. The molecule has 0 aliphatic carbocycles. The first kappa shape index (κ1) is 16.5. The second-order valence-electron chi connectivity index (χ2n) is 8.42. The third-order valence-corrected chi connectivity index (χ3v) is 2.68. The van der Waals surface area contributed by atoms with Crippen LogP contribution in [0.2, 0.25) is 0 Å². The highest BCUT2D eigenvalue weighted by atomic mass is 16.2. The zero-order valence-electron chi connectivity index (χ0n) is 13.2. The summed E-state index contributed by atoms with van der Waals surface area (Å²) >= 11 is 0. The minimum absolute atomic E-state index is 0.00259. The average molecular weight is 241 g/mol. The molecule has 0 rings (SSSR count). The maximum atomic E-state index is 12.4. The van der Waals surface area contributed by atoms with Crippen LogP contribution in [0.25, 0.3) is 0 Å². The van der Waals surface area contributed by atoms with Crippen LogP contribution in [0.3, 0.4) is 0 Å². The molecule has 0 bridgehead atoms. The van der Waals surface area contributed by atoms with E-state index < -0.39 is 0 Å². The normalized spacial score (nSPS) is 15.6. The minimum atomic E-state index is -0.154. The van der Waals surface area contributed by atoms with Gasteiger partial charge in [-0.25, -0.2) is 0 Å². The molecular formula is C15H31NO. The number of nitrogens with one attached hydrogen (secondary N) is 1. The van der Waals surface area contributed by atoms with Crippen molar-refractivity contribution < 1.29 is 4.79 Å². The molecule has 0 saturated heterocycles. The van der Waals surface area contributed by atoms with Gasteiger partial charge in [-0.2, -0.15) is 0 Å². The van der Waals surface area contributed by atoms with Crippen molar-refractivity contribution in [3.63, 3.8) is 0 Å². The van der Waals surface area contributed by atoms with Crippen molar-refractivity contribution >= 4 is 5.91 Å². The first-order valence-electron chi connectivity index (χ1n) is 6.54. The smallest absolute Gasteiger partial charge is 0.224 e. The van der Waals surface area contributed by atoms with E-state index in [1.165, 1.54) is 0 Å². The lowest BCUT2D eigenvalue weighted by Gasteiger charge is -2.36. The summed E-state index contributed by atoms with van der Waals surface area (Å²) in [5, 5.41) is 3.11. The van der Waals surface area contributed by atoms with Crippen molar-refractivity contribution in [1.82, 2.24) is 5.32 Å². The maximum Gasteiger partial charge on any atom is 0.224 e. The second-order valence-corrected chi connectivity index (χ2v) is 8.42. The Morgan fingerprint density at radius 1 is 0.941 bits per heavy atom. The van der Waals surface area contributed by atoms with Gasteiger partial charge in [-0.05, 0) is 38.0 Å². The summed E-state index contributed by atoms with van der Waals surface area (Å²) < 4.78 is 0. The fourth-order valence-electron chi connectivity index (χ4n) is 1.86. The van der Waals surface area contributed by atoms with Crippen LogP contribution in [0.4, 0.5) is 0 Å². The number of carbonyl (C=O) groups is 1. The molecule has 2 heteroatoms. The van der Waals surface area contributed by atoms with Gasteiger partial charge in [0.25, 0.3) is 0 Å². The Labute approximate surface area is 108 Å². The molecule has 0 aliphatic heterocycles. The van der Waals surface area contributed by atoms with Gasteiger partial charge >= 0.3 is 0 Å². The molecule has 1 N–H and O–H groups in total. The quantitative estimate of drug-likeness (QED) is 0.778. The van der Waals surface area contributed by atoms with Gasteiger partial charge in [-0.15, -0.1) is 0 Å². The Morgan fingerprint density at radius 3 is 1.59 bits per heavy atom. The first-order chi connectivity index (χ1) is 7.22. The van der Waals surface area contributed by atoms with Crippen molar-refractivity contribution in [2.75, 3.05) is 0 Å². The van der Waals surface area contributed by atoms with Crippen LogP contribution >= 0.6 is 0 Å². The highest BCUT2D eigenvalue weighted by molar-refractivity contribution is 5.80. The Hall–Kier alpha value is -0.530. The lowest BCUT2D eigenvalue weighted by Crippen LogP contribution is -2.47. The highest BCUT2D eigenvalue weighted by Gasteiger charge is 2.35. The van der Waals surface area contributed by atoms with E-state index in [4.69, 9.17) is 0 Å². The molecule has 0 aliphatic rings. The molecule has 0 aromatic rings. The average Bonchev–Trinajstić information content (AvgIpc) is 1.92. The summed E-state index contributed by atoms with van der Waals surface area (Å²) in [7, 11) is 0. The van der Waals surface area contributed by atoms with Gasteiger partial charge < -0.3 is 5.32 Å². The first-order valence-corrected chi connectivity index (χ1v) is 6.54. The zero-order valence-corrected chi connectivity index (χ0v) is 13.2. The molecule has 0 unspecified atom stereocenters. The molecule has 0 saturated carbocycles. The summed E-state index contributed by atoms with van der Waals surface area (Å²) in [5.41, 5.74) is 0.0221. The summed E-state index contributed by atoms with van der Waals surface area (Å²) in [6.07, 6.45) is 0.915. The monoisotopic (exact) mass is 241 g/mol. The van der Waals surface area contributed by atoms with E-state index in [9.17, 15) is 4.79 Å². The molecule has 0 aromatic carbocycles. The molecule has 2 nitrogen and oxygen atoms in total. The van der Waals surface area contributed by atoms with Crippen molar-refractivity contribution in [2.45, 2.75) is 74.3 Å². The van der Waals surface area contributed by atoms with Crippen LogP contribution in [-0.2, 0) is 4.79 Å². The number of hydrogen-bond acceptors (Lipinski definition) is 1. The molecule has 1 atom stereocenters. The molecule has 102 valence electrons. The van der Waals surface area contributed by atoms with Gasteiger partial charge in [0, 0.05) is 11.5 Å². The van der Waals surface area contributed by atoms with Crippen molar-refractivity contribution in [2.24, 2.45) is 16.7 Å². The van der Waals surface area contributed by atoms with E-state index in [2.05, 4.69) is 46.9 Å². The number of amides is 1. The molecule has 17 heavy (non-hydrogen) atoms. The third-order valence-electron chi connectivity index (χ3n) is 2.68. The Balaban J connectivity index is 4.90.